The molecule has 1 amide bonds. The largest absolute Gasteiger partial charge is 0.393 e. The van der Waals surface area contributed by atoms with E-state index >= 15 is 0 Å². The number of hydrazine groups is 1. The average molecular weight is 406 g/mol. The molecular formula is C20H16ClN7O. The minimum absolute atomic E-state index is 0.242. The smallest absolute Gasteiger partial charge is 0.269 e. The fourth-order valence-corrected chi connectivity index (χ4v) is 2.94. The number of carbonyl (C=O) groups is 1. The van der Waals surface area contributed by atoms with Crippen LogP contribution in [0.5, 0.6) is 0 Å². The Balaban J connectivity index is 1.54. The predicted octanol–water partition coefficient (Wildman–Crippen LogP) is 3.76. The Bertz CT molecular complexity index is 1190. The number of anilines is 4. The summed E-state index contributed by atoms with van der Waals surface area (Å²) in [5.74, 6) is 0.266. The third-order valence-corrected chi connectivity index (χ3v) is 4.39. The number of nitrogen functional groups attached to an aromatic ring is 1. The average Bonchev–Trinajstić information content (AvgIpc) is 2.74. The van der Waals surface area contributed by atoms with E-state index in [0.29, 0.717) is 16.4 Å². The van der Waals surface area contributed by atoms with Crippen molar-refractivity contribution in [2.24, 2.45) is 0 Å². The second kappa shape index (κ2) is 7.99. The molecule has 2 aromatic heterocycles. The maximum absolute atomic E-state index is 12.3. The molecule has 29 heavy (non-hydrogen) atoms. The molecule has 0 spiro atoms. The van der Waals surface area contributed by atoms with Crippen LogP contribution in [0.25, 0.3) is 10.9 Å². The van der Waals surface area contributed by atoms with Crippen LogP contribution in [-0.4, -0.2) is 20.9 Å². The van der Waals surface area contributed by atoms with E-state index in [4.69, 9.17) is 17.3 Å². The number of nitrogens with two attached hydrogens (primary N) is 1. The molecule has 0 aliphatic heterocycles. The van der Waals surface area contributed by atoms with Crippen molar-refractivity contribution in [2.45, 2.75) is 0 Å². The van der Waals surface area contributed by atoms with Crippen LogP contribution < -0.4 is 21.9 Å². The van der Waals surface area contributed by atoms with E-state index in [-0.39, 0.29) is 17.4 Å². The molecule has 4 aromatic rings. The molecule has 144 valence electrons. The van der Waals surface area contributed by atoms with Gasteiger partial charge in [-0.15, -0.1) is 0 Å². The predicted molar refractivity (Wildman–Crippen MR) is 114 cm³/mol. The molecule has 0 atom stereocenters. The standard InChI is InChI=1S/C20H16ClN7O/c21-14-7-1-5-13(10-14)20(29)28-27-19-16(22)18(24-11-25-19)26-15-8-2-4-12-6-3-9-23-17(12)15/h1-11H,22H2,(H,28,29)(H2,24,25,26,27). The van der Waals surface area contributed by atoms with Gasteiger partial charge in [0.05, 0.1) is 11.2 Å². The highest BCUT2D eigenvalue weighted by Gasteiger charge is 2.12. The van der Waals surface area contributed by atoms with Crippen LogP contribution in [0.1, 0.15) is 10.4 Å². The lowest BCUT2D eigenvalue weighted by molar-refractivity contribution is 0.0962. The van der Waals surface area contributed by atoms with Crippen molar-refractivity contribution in [2.75, 3.05) is 16.5 Å². The molecule has 0 unspecified atom stereocenters. The van der Waals surface area contributed by atoms with E-state index in [1.165, 1.54) is 6.33 Å². The van der Waals surface area contributed by atoms with Crippen molar-refractivity contribution in [3.05, 3.63) is 77.7 Å². The quantitative estimate of drug-likeness (QED) is 0.373. The lowest BCUT2D eigenvalue weighted by Crippen LogP contribution is -2.30. The number of benzene rings is 2. The van der Waals surface area contributed by atoms with Gasteiger partial charge in [0.1, 0.15) is 12.0 Å². The highest BCUT2D eigenvalue weighted by atomic mass is 35.5. The van der Waals surface area contributed by atoms with Gasteiger partial charge in [-0.1, -0.05) is 35.9 Å². The number of rotatable bonds is 5. The van der Waals surface area contributed by atoms with Gasteiger partial charge in [0, 0.05) is 22.2 Å². The molecule has 4 rings (SSSR count). The summed E-state index contributed by atoms with van der Waals surface area (Å²) in [6.45, 7) is 0. The number of halogens is 1. The van der Waals surface area contributed by atoms with Gasteiger partial charge in [0.2, 0.25) is 0 Å². The summed E-state index contributed by atoms with van der Waals surface area (Å²) in [4.78, 5) is 24.9. The van der Waals surface area contributed by atoms with Gasteiger partial charge in [0.25, 0.3) is 5.91 Å². The minimum atomic E-state index is -0.377. The lowest BCUT2D eigenvalue weighted by atomic mass is 10.2. The summed E-state index contributed by atoms with van der Waals surface area (Å²) in [6.07, 6.45) is 3.06. The van der Waals surface area contributed by atoms with Gasteiger partial charge in [-0.05, 0) is 30.3 Å². The molecule has 0 aliphatic rings. The molecule has 0 aliphatic carbocycles. The number of amides is 1. The summed E-state index contributed by atoms with van der Waals surface area (Å²) in [5.41, 5.74) is 13.6. The summed E-state index contributed by atoms with van der Waals surface area (Å²) in [5, 5.41) is 4.62. The molecule has 8 nitrogen and oxygen atoms in total. The van der Waals surface area contributed by atoms with E-state index < -0.39 is 0 Å². The first kappa shape index (κ1) is 18.5. The number of fused-ring (bicyclic) bond motifs is 1. The summed E-state index contributed by atoms with van der Waals surface area (Å²) >= 11 is 5.92. The van der Waals surface area contributed by atoms with Crippen LogP contribution in [-0.2, 0) is 0 Å². The van der Waals surface area contributed by atoms with E-state index in [9.17, 15) is 4.79 Å². The number of nitrogens with one attached hydrogen (secondary N) is 3. The van der Waals surface area contributed by atoms with Gasteiger partial charge in [0.15, 0.2) is 11.6 Å². The fraction of sp³-hybridized carbons (Fsp3) is 0. The van der Waals surface area contributed by atoms with Crippen LogP contribution in [0.2, 0.25) is 5.02 Å². The Hall–Kier alpha value is -3.91. The van der Waals surface area contributed by atoms with E-state index in [1.807, 2.05) is 30.3 Å². The Morgan fingerprint density at radius 1 is 0.966 bits per heavy atom. The van der Waals surface area contributed by atoms with Crippen LogP contribution in [0.4, 0.5) is 23.0 Å². The van der Waals surface area contributed by atoms with Gasteiger partial charge >= 0.3 is 0 Å². The van der Waals surface area contributed by atoms with Gasteiger partial charge < -0.3 is 11.1 Å². The van der Waals surface area contributed by atoms with Gasteiger partial charge in [-0.25, -0.2) is 9.97 Å². The van der Waals surface area contributed by atoms with Crippen LogP contribution >= 0.6 is 11.6 Å². The number of aromatic nitrogens is 3. The van der Waals surface area contributed by atoms with Crippen molar-refractivity contribution < 1.29 is 4.79 Å². The third kappa shape index (κ3) is 4.02. The molecule has 9 heteroatoms. The molecule has 5 N–H and O–H groups in total. The topological polar surface area (TPSA) is 118 Å². The molecule has 0 radical (unpaired) electrons. The van der Waals surface area contributed by atoms with Crippen LogP contribution in [0, 0.1) is 0 Å². The first-order valence-corrected chi connectivity index (χ1v) is 9.03. The first-order chi connectivity index (χ1) is 14.1. The highest BCUT2D eigenvalue weighted by molar-refractivity contribution is 6.31. The fourth-order valence-electron chi connectivity index (χ4n) is 2.75. The number of para-hydroxylation sites is 1. The van der Waals surface area contributed by atoms with Crippen molar-refractivity contribution in [1.82, 2.24) is 20.4 Å². The molecule has 0 saturated carbocycles. The highest BCUT2D eigenvalue weighted by Crippen LogP contribution is 2.28. The van der Waals surface area contributed by atoms with E-state index in [2.05, 4.69) is 31.1 Å². The van der Waals surface area contributed by atoms with Crippen LogP contribution in [0.15, 0.2) is 67.1 Å². The number of hydrogen-bond donors (Lipinski definition) is 4. The zero-order chi connectivity index (χ0) is 20.2. The summed E-state index contributed by atoms with van der Waals surface area (Å²) in [6, 6.07) is 16.2. The second-order valence-electron chi connectivity index (χ2n) is 6.08. The van der Waals surface area contributed by atoms with Crippen LogP contribution in [0.3, 0.4) is 0 Å². The molecule has 0 saturated heterocycles. The maximum Gasteiger partial charge on any atom is 0.269 e. The number of nitrogens with zero attached hydrogens (tertiary/aromatic N) is 3. The number of pyridine rings is 1. The summed E-state index contributed by atoms with van der Waals surface area (Å²) < 4.78 is 0. The molecule has 2 aromatic carbocycles. The van der Waals surface area contributed by atoms with Crippen molar-refractivity contribution in [3.8, 4) is 0 Å². The monoisotopic (exact) mass is 405 g/mol. The Kier molecular flexibility index (Phi) is 5.08. The van der Waals surface area contributed by atoms with Gasteiger partial charge in [-0.2, -0.15) is 0 Å². The number of hydrogen-bond acceptors (Lipinski definition) is 7. The molecule has 0 bridgehead atoms. The summed E-state index contributed by atoms with van der Waals surface area (Å²) in [7, 11) is 0. The normalized spacial score (nSPS) is 10.5. The first-order valence-electron chi connectivity index (χ1n) is 8.65. The second-order valence-corrected chi connectivity index (χ2v) is 6.52. The molecule has 2 heterocycles. The molecule has 0 fully saturated rings. The zero-order valence-electron chi connectivity index (χ0n) is 15.1. The van der Waals surface area contributed by atoms with E-state index in [1.54, 1.807) is 30.5 Å². The van der Waals surface area contributed by atoms with Crippen molar-refractivity contribution in [3.63, 3.8) is 0 Å². The van der Waals surface area contributed by atoms with Crippen molar-refractivity contribution in [1.29, 1.82) is 0 Å². The third-order valence-electron chi connectivity index (χ3n) is 4.15. The Morgan fingerprint density at radius 2 is 1.76 bits per heavy atom. The Labute approximate surface area is 171 Å². The SMILES string of the molecule is Nc1c(NNC(=O)c2cccc(Cl)c2)ncnc1Nc1cccc2cccnc12. The number of carbonyl (C=O) groups excluding carboxylic acids is 1. The van der Waals surface area contributed by atoms with Gasteiger partial charge in [-0.3, -0.25) is 20.6 Å². The minimum Gasteiger partial charge on any atom is -0.393 e. The molecular weight excluding hydrogens is 390 g/mol. The van der Waals surface area contributed by atoms with Crippen molar-refractivity contribution >= 4 is 51.4 Å². The van der Waals surface area contributed by atoms with E-state index in [0.717, 1.165) is 16.6 Å². The maximum atomic E-state index is 12.3. The lowest BCUT2D eigenvalue weighted by Gasteiger charge is -2.14. The zero-order valence-corrected chi connectivity index (χ0v) is 15.8. The Morgan fingerprint density at radius 3 is 2.62 bits per heavy atom.